The van der Waals surface area contributed by atoms with Crippen LogP contribution in [-0.2, 0) is 22.0 Å². The van der Waals surface area contributed by atoms with Crippen LogP contribution >= 0.6 is 11.3 Å². The second kappa shape index (κ2) is 5.95. The van der Waals surface area contributed by atoms with Gasteiger partial charge < -0.3 is 11.1 Å². The number of amides is 1. The highest BCUT2D eigenvalue weighted by Gasteiger charge is 2.10. The summed E-state index contributed by atoms with van der Waals surface area (Å²) in [6, 6.07) is 0. The van der Waals surface area contributed by atoms with Gasteiger partial charge in [0.2, 0.25) is 5.91 Å². The summed E-state index contributed by atoms with van der Waals surface area (Å²) in [5.41, 5.74) is 6.12. The molecule has 1 amide bonds. The Balaban J connectivity index is 2.34. The standard InChI is InChI=1S/C9H15N3O2S2/c1-6(16(2)14)4-11-8(13)3-7-5-15-9(10)12-7/h5-6H,3-4H2,1-2H3,(H2,10,12)(H,11,13). The Morgan fingerprint density at radius 1 is 1.75 bits per heavy atom. The van der Waals surface area contributed by atoms with Crippen molar-refractivity contribution in [1.82, 2.24) is 10.3 Å². The fraction of sp³-hybridized carbons (Fsp3) is 0.556. The summed E-state index contributed by atoms with van der Waals surface area (Å²) < 4.78 is 11.1. The van der Waals surface area contributed by atoms with Gasteiger partial charge in [-0.2, -0.15) is 0 Å². The van der Waals surface area contributed by atoms with Gasteiger partial charge in [-0.25, -0.2) is 4.98 Å². The average molecular weight is 261 g/mol. The first-order valence-corrected chi connectivity index (χ1v) is 7.28. The lowest BCUT2D eigenvalue weighted by Gasteiger charge is -2.09. The van der Waals surface area contributed by atoms with Crippen molar-refractivity contribution in [2.24, 2.45) is 0 Å². The Labute approximate surface area is 101 Å². The molecular weight excluding hydrogens is 246 g/mol. The first-order valence-electron chi connectivity index (χ1n) is 4.78. The van der Waals surface area contributed by atoms with Crippen molar-refractivity contribution in [2.45, 2.75) is 18.6 Å². The predicted octanol–water partition coefficient (Wildman–Crippen LogP) is 0.151. The van der Waals surface area contributed by atoms with Gasteiger partial charge in [-0.3, -0.25) is 9.00 Å². The largest absolute Gasteiger partial charge is 0.375 e. The molecular formula is C9H15N3O2S2. The van der Waals surface area contributed by atoms with E-state index in [1.807, 2.05) is 6.92 Å². The smallest absolute Gasteiger partial charge is 0.226 e. The number of aromatic nitrogens is 1. The van der Waals surface area contributed by atoms with E-state index in [0.717, 1.165) is 0 Å². The highest BCUT2D eigenvalue weighted by Crippen LogP contribution is 2.11. The second-order valence-corrected chi connectivity index (χ2v) is 6.16. The van der Waals surface area contributed by atoms with E-state index in [0.29, 0.717) is 17.4 Å². The van der Waals surface area contributed by atoms with Crippen molar-refractivity contribution in [3.8, 4) is 0 Å². The number of rotatable bonds is 5. The Bertz CT molecular complexity index is 392. The minimum absolute atomic E-state index is 0.0375. The zero-order valence-electron chi connectivity index (χ0n) is 9.23. The minimum atomic E-state index is -0.917. The molecule has 90 valence electrons. The number of carbonyl (C=O) groups is 1. The second-order valence-electron chi connectivity index (χ2n) is 3.47. The summed E-state index contributed by atoms with van der Waals surface area (Å²) in [6.45, 7) is 2.25. The van der Waals surface area contributed by atoms with E-state index in [-0.39, 0.29) is 17.6 Å². The first-order chi connectivity index (χ1) is 7.49. The fourth-order valence-electron chi connectivity index (χ4n) is 1.01. The third-order valence-corrected chi connectivity index (χ3v) is 4.09. The molecule has 0 aliphatic heterocycles. The summed E-state index contributed by atoms with van der Waals surface area (Å²) in [7, 11) is -0.917. The van der Waals surface area contributed by atoms with Gasteiger partial charge >= 0.3 is 0 Å². The molecule has 7 heteroatoms. The Kier molecular flexibility index (Phi) is 4.88. The zero-order valence-corrected chi connectivity index (χ0v) is 10.9. The van der Waals surface area contributed by atoms with Crippen LogP contribution in [0, 0.1) is 0 Å². The molecule has 0 fully saturated rings. The number of nitrogen functional groups attached to an aromatic ring is 1. The summed E-state index contributed by atoms with van der Waals surface area (Å²) in [5, 5.41) is 4.90. The summed E-state index contributed by atoms with van der Waals surface area (Å²) >= 11 is 1.31. The van der Waals surface area contributed by atoms with Crippen molar-refractivity contribution in [3.05, 3.63) is 11.1 Å². The van der Waals surface area contributed by atoms with Crippen molar-refractivity contribution in [1.29, 1.82) is 0 Å². The quantitative estimate of drug-likeness (QED) is 0.790. The fourth-order valence-corrected chi connectivity index (χ4v) is 1.89. The average Bonchev–Trinajstić information content (AvgIpc) is 2.60. The number of hydrogen-bond acceptors (Lipinski definition) is 5. The van der Waals surface area contributed by atoms with Crippen LogP contribution in [0.15, 0.2) is 5.38 Å². The van der Waals surface area contributed by atoms with Gasteiger partial charge in [0.25, 0.3) is 0 Å². The van der Waals surface area contributed by atoms with Gasteiger partial charge in [0, 0.05) is 34.2 Å². The van der Waals surface area contributed by atoms with Crippen LogP contribution in [-0.4, -0.2) is 33.2 Å². The Hall–Kier alpha value is -0.950. The first kappa shape index (κ1) is 13.1. The molecule has 2 unspecified atom stereocenters. The van der Waals surface area contributed by atoms with Crippen LogP contribution in [0.4, 0.5) is 5.13 Å². The van der Waals surface area contributed by atoms with Crippen LogP contribution in [0.2, 0.25) is 0 Å². The lowest BCUT2D eigenvalue weighted by Crippen LogP contribution is -2.33. The minimum Gasteiger partial charge on any atom is -0.375 e. The van der Waals surface area contributed by atoms with Crippen LogP contribution in [0.5, 0.6) is 0 Å². The molecule has 0 saturated heterocycles. The third-order valence-electron chi connectivity index (χ3n) is 2.06. The van der Waals surface area contributed by atoms with Gasteiger partial charge in [0.05, 0.1) is 12.1 Å². The zero-order chi connectivity index (χ0) is 12.1. The monoisotopic (exact) mass is 261 g/mol. The number of anilines is 1. The lowest BCUT2D eigenvalue weighted by molar-refractivity contribution is -0.120. The highest BCUT2D eigenvalue weighted by molar-refractivity contribution is 7.84. The molecule has 0 saturated carbocycles. The van der Waals surface area contributed by atoms with Gasteiger partial charge in [-0.15, -0.1) is 11.3 Å². The Morgan fingerprint density at radius 3 is 2.94 bits per heavy atom. The normalized spacial score (nSPS) is 14.4. The molecule has 0 bridgehead atoms. The third kappa shape index (κ3) is 4.28. The predicted molar refractivity (Wildman–Crippen MR) is 66.8 cm³/mol. The van der Waals surface area contributed by atoms with Gasteiger partial charge in [0.1, 0.15) is 0 Å². The van der Waals surface area contributed by atoms with Gasteiger partial charge in [0.15, 0.2) is 5.13 Å². The van der Waals surface area contributed by atoms with Crippen LogP contribution in [0.25, 0.3) is 0 Å². The van der Waals surface area contributed by atoms with Gasteiger partial charge in [-0.05, 0) is 6.92 Å². The number of hydrogen-bond donors (Lipinski definition) is 2. The van der Waals surface area contributed by atoms with E-state index in [4.69, 9.17) is 5.73 Å². The lowest BCUT2D eigenvalue weighted by atomic mass is 10.3. The number of carbonyl (C=O) groups excluding carboxylic acids is 1. The Morgan fingerprint density at radius 2 is 2.44 bits per heavy atom. The molecule has 1 aromatic rings. The van der Waals surface area contributed by atoms with Crippen molar-refractivity contribution in [3.63, 3.8) is 0 Å². The van der Waals surface area contributed by atoms with Crippen LogP contribution < -0.4 is 11.1 Å². The maximum atomic E-state index is 11.5. The molecule has 0 aromatic carbocycles. The summed E-state index contributed by atoms with van der Waals surface area (Å²) in [6.07, 6.45) is 1.84. The van der Waals surface area contributed by atoms with E-state index in [1.165, 1.54) is 11.3 Å². The van der Waals surface area contributed by atoms with Crippen LogP contribution in [0.3, 0.4) is 0 Å². The van der Waals surface area contributed by atoms with E-state index >= 15 is 0 Å². The van der Waals surface area contributed by atoms with E-state index in [9.17, 15) is 9.00 Å². The maximum Gasteiger partial charge on any atom is 0.226 e. The van der Waals surface area contributed by atoms with E-state index in [1.54, 1.807) is 11.6 Å². The highest BCUT2D eigenvalue weighted by atomic mass is 32.2. The van der Waals surface area contributed by atoms with Gasteiger partial charge in [-0.1, -0.05) is 0 Å². The molecule has 0 spiro atoms. The number of nitrogens with two attached hydrogens (primary N) is 1. The molecule has 0 aliphatic carbocycles. The van der Waals surface area contributed by atoms with Crippen LogP contribution in [0.1, 0.15) is 12.6 Å². The summed E-state index contributed by atoms with van der Waals surface area (Å²) in [5.74, 6) is -0.123. The molecule has 5 nitrogen and oxygen atoms in total. The molecule has 0 aliphatic rings. The molecule has 1 heterocycles. The van der Waals surface area contributed by atoms with Crippen molar-refractivity contribution >= 4 is 33.2 Å². The van der Waals surface area contributed by atoms with Crippen molar-refractivity contribution in [2.75, 3.05) is 18.5 Å². The van der Waals surface area contributed by atoms with Crippen molar-refractivity contribution < 1.29 is 9.00 Å². The number of nitrogens with zero attached hydrogens (tertiary/aromatic N) is 1. The SMILES string of the molecule is CC(CNC(=O)Cc1csc(N)n1)S(C)=O. The molecule has 2 atom stereocenters. The molecule has 16 heavy (non-hydrogen) atoms. The maximum absolute atomic E-state index is 11.5. The molecule has 3 N–H and O–H groups in total. The molecule has 1 rings (SSSR count). The molecule has 1 aromatic heterocycles. The topological polar surface area (TPSA) is 85.1 Å². The number of thiazole rings is 1. The summed E-state index contributed by atoms with van der Waals surface area (Å²) in [4.78, 5) is 15.5. The number of nitrogens with one attached hydrogen (secondary N) is 1. The molecule has 0 radical (unpaired) electrons. The van der Waals surface area contributed by atoms with E-state index in [2.05, 4.69) is 10.3 Å². The van der Waals surface area contributed by atoms with E-state index < -0.39 is 10.8 Å².